The van der Waals surface area contributed by atoms with Crippen molar-refractivity contribution in [3.8, 4) is 0 Å². The van der Waals surface area contributed by atoms with Crippen LogP contribution in [0.5, 0.6) is 0 Å². The van der Waals surface area contributed by atoms with E-state index in [1.165, 1.54) is 0 Å². The molecule has 4 aromatic rings. The fourth-order valence-electron chi connectivity index (χ4n) is 4.13. The summed E-state index contributed by atoms with van der Waals surface area (Å²) in [6.07, 6.45) is 0.302. The van der Waals surface area contributed by atoms with Crippen LogP contribution in [0.4, 0.5) is 0 Å². The number of likely N-dealkylation sites (N-methyl/N-ethyl adjacent to an activating group) is 1. The van der Waals surface area contributed by atoms with Gasteiger partial charge in [0.2, 0.25) is 11.8 Å². The molecular weight excluding hydrogens is 424 g/mol. The third kappa shape index (κ3) is 5.34. The number of fused-ring (bicyclic) bond motifs is 1. The highest BCUT2D eigenvalue weighted by molar-refractivity contribution is 5.82. The molecule has 0 saturated heterocycles. The molecule has 1 N–H and O–H groups in total. The maximum absolute atomic E-state index is 13.1. The summed E-state index contributed by atoms with van der Waals surface area (Å²) >= 11 is 0. The predicted molar refractivity (Wildman–Crippen MR) is 134 cm³/mol. The van der Waals surface area contributed by atoms with E-state index in [2.05, 4.69) is 5.32 Å². The Kier molecular flexibility index (Phi) is 7.07. The molecule has 6 nitrogen and oxygen atoms in total. The number of carbonyl (C=O) groups excluding carboxylic acids is 2. The Bertz CT molecular complexity index is 1300. The average molecular weight is 455 g/mol. The topological polar surface area (TPSA) is 67.2 Å². The average Bonchev–Trinajstić information content (AvgIpc) is 3.19. The van der Waals surface area contributed by atoms with E-state index in [0.717, 1.165) is 27.7 Å². The molecule has 174 valence electrons. The number of amides is 2. The van der Waals surface area contributed by atoms with Crippen LogP contribution in [0.15, 0.2) is 78.9 Å². The number of nitrogens with one attached hydrogen (secondary N) is 1. The van der Waals surface area contributed by atoms with Crippen LogP contribution in [0.2, 0.25) is 0 Å². The van der Waals surface area contributed by atoms with Crippen molar-refractivity contribution in [1.82, 2.24) is 19.8 Å². The van der Waals surface area contributed by atoms with Crippen molar-refractivity contribution in [2.75, 3.05) is 7.05 Å². The van der Waals surface area contributed by atoms with Crippen LogP contribution in [-0.2, 0) is 29.1 Å². The monoisotopic (exact) mass is 454 g/mol. The standard InChI is InChI=1S/C28H30N4O2/c1-20-11-7-8-14-23(20)17-26(33)29-21(2)28-30-24-15-9-10-16-25(24)32(28)19-27(34)31(3)18-22-12-5-4-6-13-22/h4-16,21H,17-19H2,1-3H3,(H,29,33). The van der Waals surface area contributed by atoms with Crippen molar-refractivity contribution in [3.05, 3.63) is 101 Å². The molecule has 0 aliphatic heterocycles. The van der Waals surface area contributed by atoms with E-state index in [9.17, 15) is 9.59 Å². The maximum Gasteiger partial charge on any atom is 0.242 e. The molecule has 1 heterocycles. The molecule has 1 aromatic heterocycles. The quantitative estimate of drug-likeness (QED) is 0.428. The van der Waals surface area contributed by atoms with Crippen LogP contribution in [0.25, 0.3) is 11.0 Å². The molecule has 0 saturated carbocycles. The van der Waals surface area contributed by atoms with Crippen LogP contribution >= 0.6 is 0 Å². The minimum absolute atomic E-state index is 0.0216. The van der Waals surface area contributed by atoms with Gasteiger partial charge in [-0.3, -0.25) is 9.59 Å². The zero-order valence-corrected chi connectivity index (χ0v) is 19.9. The highest BCUT2D eigenvalue weighted by Gasteiger charge is 2.21. The minimum atomic E-state index is -0.351. The zero-order chi connectivity index (χ0) is 24.1. The van der Waals surface area contributed by atoms with Gasteiger partial charge in [-0.15, -0.1) is 0 Å². The molecule has 6 heteroatoms. The van der Waals surface area contributed by atoms with Gasteiger partial charge >= 0.3 is 0 Å². The highest BCUT2D eigenvalue weighted by atomic mass is 16.2. The van der Waals surface area contributed by atoms with Crippen LogP contribution in [0.1, 0.15) is 35.5 Å². The molecule has 1 atom stereocenters. The molecule has 34 heavy (non-hydrogen) atoms. The van der Waals surface area contributed by atoms with Gasteiger partial charge in [-0.05, 0) is 42.7 Å². The lowest BCUT2D eigenvalue weighted by Gasteiger charge is -2.20. The smallest absolute Gasteiger partial charge is 0.242 e. The number of carbonyl (C=O) groups is 2. The van der Waals surface area contributed by atoms with Crippen molar-refractivity contribution in [2.45, 2.75) is 39.4 Å². The normalized spacial score (nSPS) is 11.9. The number of benzene rings is 3. The summed E-state index contributed by atoms with van der Waals surface area (Å²) in [6, 6.07) is 25.2. The first-order chi connectivity index (χ1) is 16.4. The van der Waals surface area contributed by atoms with Crippen molar-refractivity contribution in [2.24, 2.45) is 0 Å². The summed E-state index contributed by atoms with van der Waals surface area (Å²) in [7, 11) is 1.81. The fraction of sp³-hybridized carbons (Fsp3) is 0.250. The summed E-state index contributed by atoms with van der Waals surface area (Å²) in [5.41, 5.74) is 4.84. The first-order valence-electron chi connectivity index (χ1n) is 11.5. The summed E-state index contributed by atoms with van der Waals surface area (Å²) in [5.74, 6) is 0.570. The summed E-state index contributed by atoms with van der Waals surface area (Å²) in [4.78, 5) is 32.4. The second-order valence-electron chi connectivity index (χ2n) is 8.67. The number of hydrogen-bond donors (Lipinski definition) is 1. The van der Waals surface area contributed by atoms with Gasteiger partial charge in [-0.2, -0.15) is 0 Å². The third-order valence-corrected chi connectivity index (χ3v) is 6.04. The third-order valence-electron chi connectivity index (χ3n) is 6.04. The van der Waals surface area contributed by atoms with Gasteiger partial charge in [0.15, 0.2) is 0 Å². The van der Waals surface area contributed by atoms with Crippen LogP contribution in [0.3, 0.4) is 0 Å². The lowest BCUT2D eigenvalue weighted by atomic mass is 10.1. The molecule has 4 rings (SSSR count). The molecule has 1 unspecified atom stereocenters. The lowest BCUT2D eigenvalue weighted by Crippen LogP contribution is -2.33. The van der Waals surface area contributed by atoms with Crippen LogP contribution in [0, 0.1) is 6.92 Å². The van der Waals surface area contributed by atoms with Crippen molar-refractivity contribution < 1.29 is 9.59 Å². The Hall–Kier alpha value is -3.93. The first kappa shape index (κ1) is 23.2. The number of para-hydroxylation sites is 2. The Morgan fingerprint density at radius 3 is 2.41 bits per heavy atom. The number of aryl methyl sites for hydroxylation is 1. The maximum atomic E-state index is 13.1. The second kappa shape index (κ2) is 10.3. The molecule has 0 spiro atoms. The van der Waals surface area contributed by atoms with E-state index in [-0.39, 0.29) is 24.4 Å². The number of imidazole rings is 1. The van der Waals surface area contributed by atoms with Crippen LogP contribution in [-0.4, -0.2) is 33.3 Å². The van der Waals surface area contributed by atoms with Gasteiger partial charge in [-0.1, -0.05) is 66.7 Å². The molecule has 0 aliphatic rings. The Balaban J connectivity index is 1.53. The molecule has 0 bridgehead atoms. The molecular formula is C28H30N4O2. The van der Waals surface area contributed by atoms with Gasteiger partial charge in [0.25, 0.3) is 0 Å². The number of rotatable bonds is 8. The van der Waals surface area contributed by atoms with E-state index in [1.54, 1.807) is 4.90 Å². The zero-order valence-electron chi connectivity index (χ0n) is 19.9. The molecule has 0 fully saturated rings. The number of hydrogen-bond acceptors (Lipinski definition) is 3. The molecule has 2 amide bonds. The van der Waals surface area contributed by atoms with Crippen molar-refractivity contribution in [1.29, 1.82) is 0 Å². The number of aromatic nitrogens is 2. The van der Waals surface area contributed by atoms with E-state index in [4.69, 9.17) is 4.98 Å². The van der Waals surface area contributed by atoms with Gasteiger partial charge < -0.3 is 14.8 Å². The van der Waals surface area contributed by atoms with Gasteiger partial charge in [0.1, 0.15) is 12.4 Å². The minimum Gasteiger partial charge on any atom is -0.346 e. The first-order valence-corrected chi connectivity index (χ1v) is 11.5. The predicted octanol–water partition coefficient (Wildman–Crippen LogP) is 4.42. The Morgan fingerprint density at radius 2 is 1.65 bits per heavy atom. The van der Waals surface area contributed by atoms with E-state index >= 15 is 0 Å². The van der Waals surface area contributed by atoms with Gasteiger partial charge in [-0.25, -0.2) is 4.98 Å². The van der Waals surface area contributed by atoms with E-state index in [0.29, 0.717) is 18.8 Å². The van der Waals surface area contributed by atoms with Gasteiger partial charge in [0.05, 0.1) is 23.5 Å². The summed E-state index contributed by atoms with van der Waals surface area (Å²) in [6.45, 7) is 4.59. The second-order valence-corrected chi connectivity index (χ2v) is 8.67. The highest BCUT2D eigenvalue weighted by Crippen LogP contribution is 2.21. The lowest BCUT2D eigenvalue weighted by molar-refractivity contribution is -0.131. The molecule has 0 aliphatic carbocycles. The van der Waals surface area contributed by atoms with Crippen molar-refractivity contribution >= 4 is 22.8 Å². The summed E-state index contributed by atoms with van der Waals surface area (Å²) in [5, 5.41) is 3.07. The fourth-order valence-corrected chi connectivity index (χ4v) is 4.13. The largest absolute Gasteiger partial charge is 0.346 e. The van der Waals surface area contributed by atoms with Crippen LogP contribution < -0.4 is 5.32 Å². The van der Waals surface area contributed by atoms with E-state index < -0.39 is 0 Å². The van der Waals surface area contributed by atoms with Gasteiger partial charge in [0, 0.05) is 13.6 Å². The molecule has 0 radical (unpaired) electrons. The van der Waals surface area contributed by atoms with E-state index in [1.807, 2.05) is 104 Å². The number of nitrogens with zero attached hydrogens (tertiary/aromatic N) is 3. The summed E-state index contributed by atoms with van der Waals surface area (Å²) < 4.78 is 1.91. The Labute approximate surface area is 200 Å². The molecule has 3 aromatic carbocycles. The van der Waals surface area contributed by atoms with Crippen molar-refractivity contribution in [3.63, 3.8) is 0 Å². The Morgan fingerprint density at radius 1 is 0.971 bits per heavy atom. The SMILES string of the molecule is Cc1ccccc1CC(=O)NC(C)c1nc2ccccc2n1CC(=O)N(C)Cc1ccccc1.